The normalized spacial score (nSPS) is 17.2. The Bertz CT molecular complexity index is 1020. The molecule has 1 saturated heterocycles. The summed E-state index contributed by atoms with van der Waals surface area (Å²) in [5.74, 6) is -1.17. The molecule has 2 N–H and O–H groups in total. The van der Waals surface area contributed by atoms with E-state index in [2.05, 4.69) is 5.32 Å². The number of sulfonamides is 1. The molecule has 3 rings (SSSR count). The minimum atomic E-state index is -3.96. The second-order valence-electron chi connectivity index (χ2n) is 7.52. The molecular weight excluding hydrogens is 440 g/mol. The van der Waals surface area contributed by atoms with Gasteiger partial charge in [-0.2, -0.15) is 4.31 Å². The van der Waals surface area contributed by atoms with Crippen LogP contribution in [0.2, 0.25) is 5.02 Å². The Balaban J connectivity index is 1.91. The summed E-state index contributed by atoms with van der Waals surface area (Å²) in [6, 6.07) is 12.2. The van der Waals surface area contributed by atoms with Crippen molar-refractivity contribution in [1.29, 1.82) is 0 Å². The highest BCUT2D eigenvalue weighted by Crippen LogP contribution is 2.26. The Kier molecular flexibility index (Phi) is 7.69. The summed E-state index contributed by atoms with van der Waals surface area (Å²) in [5, 5.41) is 12.1. The molecule has 1 fully saturated rings. The molecule has 0 bridgehead atoms. The van der Waals surface area contributed by atoms with Gasteiger partial charge in [-0.25, -0.2) is 8.42 Å². The Morgan fingerprint density at radius 1 is 1.06 bits per heavy atom. The van der Waals surface area contributed by atoms with Crippen LogP contribution in [0.1, 0.15) is 36.8 Å². The van der Waals surface area contributed by atoms with E-state index in [9.17, 15) is 18.0 Å². The fourth-order valence-electron chi connectivity index (χ4n) is 3.55. The first kappa shape index (κ1) is 23.2. The highest BCUT2D eigenvalue weighted by Gasteiger charge is 2.36. The highest BCUT2D eigenvalue weighted by atomic mass is 35.5. The number of halogens is 1. The lowest BCUT2D eigenvalue weighted by molar-refractivity contribution is -0.137. The average molecular weight is 465 g/mol. The van der Waals surface area contributed by atoms with E-state index in [0.29, 0.717) is 30.0 Å². The van der Waals surface area contributed by atoms with E-state index >= 15 is 0 Å². The summed E-state index contributed by atoms with van der Waals surface area (Å²) in [6.07, 6.45) is 2.40. The molecule has 1 atom stereocenters. The predicted octanol–water partition coefficient (Wildman–Crippen LogP) is 3.22. The summed E-state index contributed by atoms with van der Waals surface area (Å²) < 4.78 is 28.2. The molecule has 1 amide bonds. The lowest BCUT2D eigenvalue weighted by Gasteiger charge is -2.29. The van der Waals surface area contributed by atoms with Gasteiger partial charge in [0.1, 0.15) is 6.04 Å². The molecule has 9 heteroatoms. The number of hydrogen-bond donors (Lipinski definition) is 2. The number of aryl methyl sites for hydroxylation is 1. The second kappa shape index (κ2) is 10.3. The number of carbonyl (C=O) groups excluding carboxylic acids is 1. The third-order valence-corrected chi connectivity index (χ3v) is 7.38. The third-order valence-electron chi connectivity index (χ3n) is 5.26. The topological polar surface area (TPSA) is 104 Å². The smallest absolute Gasteiger partial charge is 0.303 e. The molecular formula is C22H25ClN2O5S. The average Bonchev–Trinajstić information content (AvgIpc) is 2.95. The van der Waals surface area contributed by atoms with Crippen LogP contribution in [0.5, 0.6) is 0 Å². The van der Waals surface area contributed by atoms with Gasteiger partial charge in [0, 0.05) is 24.5 Å². The van der Waals surface area contributed by atoms with E-state index in [4.69, 9.17) is 16.7 Å². The van der Waals surface area contributed by atoms with Gasteiger partial charge in [-0.3, -0.25) is 9.59 Å². The molecule has 1 aliphatic rings. The molecule has 0 aromatic heterocycles. The van der Waals surface area contributed by atoms with Gasteiger partial charge in [0.05, 0.1) is 4.90 Å². The van der Waals surface area contributed by atoms with Crippen molar-refractivity contribution in [1.82, 2.24) is 9.62 Å². The van der Waals surface area contributed by atoms with Gasteiger partial charge in [0.2, 0.25) is 15.9 Å². The van der Waals surface area contributed by atoms with Gasteiger partial charge < -0.3 is 10.4 Å². The second-order valence-corrected chi connectivity index (χ2v) is 9.84. The van der Waals surface area contributed by atoms with Gasteiger partial charge in [0.15, 0.2) is 0 Å². The lowest BCUT2D eigenvalue weighted by Crippen LogP contribution is -2.48. The van der Waals surface area contributed by atoms with Crippen molar-refractivity contribution in [2.24, 2.45) is 0 Å². The fraction of sp³-hybridized carbons (Fsp3) is 0.364. The van der Waals surface area contributed by atoms with Gasteiger partial charge in [-0.05, 0) is 61.1 Å². The van der Waals surface area contributed by atoms with Crippen molar-refractivity contribution in [2.45, 2.75) is 49.6 Å². The zero-order valence-corrected chi connectivity index (χ0v) is 18.5. The molecule has 2 aromatic rings. The van der Waals surface area contributed by atoms with Crippen LogP contribution in [0, 0.1) is 0 Å². The third kappa shape index (κ3) is 6.06. The molecule has 2 aromatic carbocycles. The van der Waals surface area contributed by atoms with E-state index in [1.165, 1.54) is 28.6 Å². The molecule has 0 aliphatic carbocycles. The monoisotopic (exact) mass is 464 g/mol. The Hall–Kier alpha value is -2.42. The summed E-state index contributed by atoms with van der Waals surface area (Å²) >= 11 is 5.92. The zero-order chi connectivity index (χ0) is 22.4. The Morgan fingerprint density at radius 2 is 1.71 bits per heavy atom. The standard InChI is InChI=1S/C22H25ClN2O5S/c23-18-9-11-19(12-10-18)31(29,30)25(20-3-1-2-14-24-22(20)28)15-17-6-4-16(5-7-17)8-13-21(26)27/h4-7,9-12,20H,1-3,8,13-15H2,(H,24,28)(H,26,27). The first-order chi connectivity index (χ1) is 14.8. The van der Waals surface area contributed by atoms with Crippen LogP contribution < -0.4 is 5.32 Å². The van der Waals surface area contributed by atoms with Crippen molar-refractivity contribution in [3.05, 3.63) is 64.7 Å². The molecule has 1 aliphatic heterocycles. The number of rotatable bonds is 8. The van der Waals surface area contributed by atoms with E-state index in [-0.39, 0.29) is 23.8 Å². The first-order valence-corrected chi connectivity index (χ1v) is 11.9. The van der Waals surface area contributed by atoms with Crippen molar-refractivity contribution in [3.63, 3.8) is 0 Å². The largest absolute Gasteiger partial charge is 0.481 e. The minimum absolute atomic E-state index is 0.0265. The number of amides is 1. The number of nitrogens with zero attached hydrogens (tertiary/aromatic N) is 1. The number of carbonyl (C=O) groups is 2. The summed E-state index contributed by atoms with van der Waals surface area (Å²) in [4.78, 5) is 23.5. The van der Waals surface area contributed by atoms with Crippen LogP contribution in [0.15, 0.2) is 53.4 Å². The maximum absolute atomic E-state index is 13.5. The maximum atomic E-state index is 13.5. The van der Waals surface area contributed by atoms with Crippen LogP contribution in [-0.2, 0) is 32.6 Å². The van der Waals surface area contributed by atoms with E-state index in [1.54, 1.807) is 24.3 Å². The minimum Gasteiger partial charge on any atom is -0.481 e. The van der Waals surface area contributed by atoms with Gasteiger partial charge in [-0.1, -0.05) is 35.9 Å². The van der Waals surface area contributed by atoms with E-state index in [0.717, 1.165) is 18.4 Å². The molecule has 1 unspecified atom stereocenters. The summed E-state index contributed by atoms with van der Waals surface area (Å²) in [6.45, 7) is 0.560. The Morgan fingerprint density at radius 3 is 2.35 bits per heavy atom. The number of hydrogen-bond acceptors (Lipinski definition) is 4. The molecule has 7 nitrogen and oxygen atoms in total. The SMILES string of the molecule is O=C(O)CCc1ccc(CN(C2CCCCNC2=O)S(=O)(=O)c2ccc(Cl)cc2)cc1. The van der Waals surface area contributed by atoms with Gasteiger partial charge in [-0.15, -0.1) is 0 Å². The molecule has 166 valence electrons. The predicted molar refractivity (Wildman–Crippen MR) is 117 cm³/mol. The first-order valence-electron chi connectivity index (χ1n) is 10.1. The van der Waals surface area contributed by atoms with Crippen molar-refractivity contribution in [3.8, 4) is 0 Å². The molecule has 0 radical (unpaired) electrons. The van der Waals surface area contributed by atoms with Crippen LogP contribution in [-0.4, -0.2) is 42.3 Å². The van der Waals surface area contributed by atoms with Crippen molar-refractivity contribution in [2.75, 3.05) is 6.54 Å². The number of benzene rings is 2. The lowest BCUT2D eigenvalue weighted by atomic mass is 10.1. The van der Waals surface area contributed by atoms with E-state index < -0.39 is 22.0 Å². The number of carboxylic acid groups (broad SMARTS) is 1. The molecule has 0 saturated carbocycles. The van der Waals surface area contributed by atoms with Crippen LogP contribution in [0.3, 0.4) is 0 Å². The van der Waals surface area contributed by atoms with Crippen LogP contribution >= 0.6 is 11.6 Å². The van der Waals surface area contributed by atoms with E-state index in [1.807, 2.05) is 0 Å². The van der Waals surface area contributed by atoms with Crippen LogP contribution in [0.4, 0.5) is 0 Å². The molecule has 31 heavy (non-hydrogen) atoms. The van der Waals surface area contributed by atoms with Crippen molar-refractivity contribution >= 4 is 33.5 Å². The van der Waals surface area contributed by atoms with Crippen molar-refractivity contribution < 1.29 is 23.1 Å². The maximum Gasteiger partial charge on any atom is 0.303 e. The van der Waals surface area contributed by atoms with Crippen LogP contribution in [0.25, 0.3) is 0 Å². The highest BCUT2D eigenvalue weighted by molar-refractivity contribution is 7.89. The Labute approximate surface area is 187 Å². The quantitative estimate of drug-likeness (QED) is 0.624. The summed E-state index contributed by atoms with van der Waals surface area (Å²) in [5.41, 5.74) is 1.57. The molecule has 1 heterocycles. The summed E-state index contributed by atoms with van der Waals surface area (Å²) in [7, 11) is -3.96. The fourth-order valence-corrected chi connectivity index (χ4v) is 5.28. The zero-order valence-electron chi connectivity index (χ0n) is 17.0. The molecule has 0 spiro atoms. The van der Waals surface area contributed by atoms with Gasteiger partial charge in [0.25, 0.3) is 0 Å². The number of nitrogens with one attached hydrogen (secondary N) is 1. The van der Waals surface area contributed by atoms with Gasteiger partial charge >= 0.3 is 5.97 Å². The number of aliphatic carboxylic acids is 1. The number of carboxylic acids is 1.